The Labute approximate surface area is 104 Å². The van der Waals surface area contributed by atoms with E-state index in [1.165, 1.54) is 13.2 Å². The first kappa shape index (κ1) is 12.0. The number of rotatable bonds is 4. The molecule has 0 saturated carbocycles. The number of nitrogens with one attached hydrogen (secondary N) is 2. The summed E-state index contributed by atoms with van der Waals surface area (Å²) in [5.41, 5.74) is 1.38. The third-order valence-electron chi connectivity index (χ3n) is 2.56. The first-order valence-electron chi connectivity index (χ1n) is 5.47. The van der Waals surface area contributed by atoms with E-state index in [9.17, 15) is 9.90 Å². The van der Waals surface area contributed by atoms with Crippen molar-refractivity contribution in [3.05, 3.63) is 47.8 Å². The maximum Gasteiger partial charge on any atom is 0.251 e. The fourth-order valence-corrected chi connectivity index (χ4v) is 1.58. The van der Waals surface area contributed by atoms with E-state index in [-0.39, 0.29) is 11.7 Å². The highest BCUT2D eigenvalue weighted by molar-refractivity contribution is 5.94. The van der Waals surface area contributed by atoms with Crippen LogP contribution >= 0.6 is 0 Å². The zero-order chi connectivity index (χ0) is 13.0. The van der Waals surface area contributed by atoms with Gasteiger partial charge in [0.15, 0.2) is 11.5 Å². The minimum atomic E-state index is -0.242. The Balaban J connectivity index is 2.02. The number of H-pyrrole nitrogens is 1. The number of hydrogen-bond acceptors (Lipinski definition) is 3. The van der Waals surface area contributed by atoms with Gasteiger partial charge in [0.25, 0.3) is 5.91 Å². The molecule has 0 atom stereocenters. The van der Waals surface area contributed by atoms with Gasteiger partial charge in [-0.25, -0.2) is 0 Å². The summed E-state index contributed by atoms with van der Waals surface area (Å²) in [5.74, 6) is 0.0538. The van der Waals surface area contributed by atoms with Gasteiger partial charge in [-0.2, -0.15) is 0 Å². The standard InChI is InChI=1S/C13H14N2O3/c1-18-12-3-2-10(6-11(12)16)13(17)15-8-9-4-5-14-7-9/h2-7,14,16H,8H2,1H3,(H,15,17). The van der Waals surface area contributed by atoms with Crippen molar-refractivity contribution in [1.82, 2.24) is 10.3 Å². The van der Waals surface area contributed by atoms with Gasteiger partial charge in [-0.05, 0) is 29.8 Å². The molecule has 0 saturated heterocycles. The number of methoxy groups -OCH3 is 1. The number of benzene rings is 1. The fraction of sp³-hybridized carbons (Fsp3) is 0.154. The van der Waals surface area contributed by atoms with E-state index in [1.807, 2.05) is 12.3 Å². The lowest BCUT2D eigenvalue weighted by atomic mass is 10.2. The summed E-state index contributed by atoms with van der Waals surface area (Å²) in [6.45, 7) is 0.440. The number of hydrogen-bond donors (Lipinski definition) is 3. The molecule has 2 aromatic rings. The average molecular weight is 246 g/mol. The molecule has 3 N–H and O–H groups in total. The first-order chi connectivity index (χ1) is 8.70. The van der Waals surface area contributed by atoms with Crippen molar-refractivity contribution < 1.29 is 14.6 Å². The summed E-state index contributed by atoms with van der Waals surface area (Å²) in [5, 5.41) is 12.3. The number of aromatic hydroxyl groups is 1. The van der Waals surface area contributed by atoms with E-state index >= 15 is 0 Å². The third kappa shape index (κ3) is 2.63. The Bertz CT molecular complexity index is 535. The number of aromatic amines is 1. The molecule has 18 heavy (non-hydrogen) atoms. The van der Waals surface area contributed by atoms with Gasteiger partial charge < -0.3 is 20.1 Å². The second-order valence-electron chi connectivity index (χ2n) is 3.79. The predicted octanol–water partition coefficient (Wildman–Crippen LogP) is 1.66. The van der Waals surface area contributed by atoms with Crippen LogP contribution in [0.5, 0.6) is 11.5 Å². The van der Waals surface area contributed by atoms with Crippen molar-refractivity contribution in [3.63, 3.8) is 0 Å². The van der Waals surface area contributed by atoms with Crippen molar-refractivity contribution in [1.29, 1.82) is 0 Å². The number of ether oxygens (including phenoxy) is 1. The van der Waals surface area contributed by atoms with Crippen molar-refractivity contribution in [3.8, 4) is 11.5 Å². The fourth-order valence-electron chi connectivity index (χ4n) is 1.58. The maximum atomic E-state index is 11.8. The number of amides is 1. The predicted molar refractivity (Wildman–Crippen MR) is 66.6 cm³/mol. The minimum absolute atomic E-state index is 0.0493. The van der Waals surface area contributed by atoms with Crippen molar-refractivity contribution in [2.75, 3.05) is 7.11 Å². The molecule has 1 aromatic carbocycles. The van der Waals surface area contributed by atoms with Gasteiger partial charge in [0.2, 0.25) is 0 Å². The van der Waals surface area contributed by atoms with Crippen molar-refractivity contribution in [2.45, 2.75) is 6.54 Å². The molecule has 2 rings (SSSR count). The molecule has 0 spiro atoms. The van der Waals surface area contributed by atoms with Crippen LogP contribution in [0.25, 0.3) is 0 Å². The Morgan fingerprint density at radius 2 is 2.28 bits per heavy atom. The lowest BCUT2D eigenvalue weighted by molar-refractivity contribution is 0.0950. The van der Waals surface area contributed by atoms with E-state index in [2.05, 4.69) is 10.3 Å². The van der Waals surface area contributed by atoms with Crippen LogP contribution in [-0.4, -0.2) is 23.1 Å². The summed E-state index contributed by atoms with van der Waals surface area (Å²) in [7, 11) is 1.46. The number of carbonyl (C=O) groups is 1. The molecule has 5 nitrogen and oxygen atoms in total. The normalized spacial score (nSPS) is 10.1. The largest absolute Gasteiger partial charge is 0.504 e. The molecule has 0 aliphatic heterocycles. The summed E-state index contributed by atoms with van der Waals surface area (Å²) in [6, 6.07) is 6.42. The van der Waals surface area contributed by atoms with E-state index in [0.29, 0.717) is 17.9 Å². The number of carbonyl (C=O) groups excluding carboxylic acids is 1. The van der Waals surface area contributed by atoms with E-state index in [0.717, 1.165) is 5.56 Å². The van der Waals surface area contributed by atoms with Crippen LogP contribution in [0, 0.1) is 0 Å². The molecule has 1 heterocycles. The zero-order valence-corrected chi connectivity index (χ0v) is 9.93. The van der Waals surface area contributed by atoms with Crippen molar-refractivity contribution in [2.24, 2.45) is 0 Å². The maximum absolute atomic E-state index is 11.8. The van der Waals surface area contributed by atoms with E-state index < -0.39 is 0 Å². The Morgan fingerprint density at radius 1 is 1.44 bits per heavy atom. The number of phenols is 1. The third-order valence-corrected chi connectivity index (χ3v) is 2.56. The second kappa shape index (κ2) is 5.27. The average Bonchev–Trinajstić information content (AvgIpc) is 2.89. The topological polar surface area (TPSA) is 74.3 Å². The molecule has 5 heteroatoms. The zero-order valence-electron chi connectivity index (χ0n) is 9.93. The summed E-state index contributed by atoms with van der Waals surface area (Å²) < 4.78 is 4.91. The van der Waals surface area contributed by atoms with Crippen LogP contribution in [0.1, 0.15) is 15.9 Å². The molecule has 94 valence electrons. The second-order valence-corrected chi connectivity index (χ2v) is 3.79. The Hall–Kier alpha value is -2.43. The van der Waals surface area contributed by atoms with Gasteiger partial charge in [-0.1, -0.05) is 0 Å². The van der Waals surface area contributed by atoms with Gasteiger partial charge in [-0.15, -0.1) is 0 Å². The van der Waals surface area contributed by atoms with Crippen LogP contribution in [0.4, 0.5) is 0 Å². The summed E-state index contributed by atoms with van der Waals surface area (Å²) in [4.78, 5) is 14.7. The Morgan fingerprint density at radius 3 is 2.89 bits per heavy atom. The lowest BCUT2D eigenvalue weighted by Crippen LogP contribution is -2.22. The molecule has 1 amide bonds. The van der Waals surface area contributed by atoms with Gasteiger partial charge >= 0.3 is 0 Å². The molecular weight excluding hydrogens is 232 g/mol. The van der Waals surface area contributed by atoms with Gasteiger partial charge in [0.1, 0.15) is 0 Å². The minimum Gasteiger partial charge on any atom is -0.504 e. The molecule has 1 aromatic heterocycles. The van der Waals surface area contributed by atoms with E-state index in [1.54, 1.807) is 18.3 Å². The molecule has 0 aliphatic carbocycles. The van der Waals surface area contributed by atoms with Crippen LogP contribution in [-0.2, 0) is 6.54 Å². The Kier molecular flexibility index (Phi) is 3.52. The summed E-state index contributed by atoms with van der Waals surface area (Å²) >= 11 is 0. The molecular formula is C13H14N2O3. The highest BCUT2D eigenvalue weighted by Gasteiger charge is 2.09. The highest BCUT2D eigenvalue weighted by atomic mass is 16.5. The number of aromatic nitrogens is 1. The van der Waals surface area contributed by atoms with Crippen molar-refractivity contribution >= 4 is 5.91 Å². The monoisotopic (exact) mass is 246 g/mol. The molecule has 0 fully saturated rings. The van der Waals surface area contributed by atoms with Crippen LogP contribution in [0.2, 0.25) is 0 Å². The van der Waals surface area contributed by atoms with Crippen LogP contribution < -0.4 is 10.1 Å². The molecule has 0 aliphatic rings. The van der Waals surface area contributed by atoms with Gasteiger partial charge in [-0.3, -0.25) is 4.79 Å². The summed E-state index contributed by atoms with van der Waals surface area (Å²) in [6.07, 6.45) is 3.60. The van der Waals surface area contributed by atoms with Gasteiger partial charge in [0, 0.05) is 24.5 Å². The number of phenolic OH excluding ortho intramolecular Hbond substituents is 1. The smallest absolute Gasteiger partial charge is 0.251 e. The van der Waals surface area contributed by atoms with Gasteiger partial charge in [0.05, 0.1) is 7.11 Å². The van der Waals surface area contributed by atoms with Crippen LogP contribution in [0.3, 0.4) is 0 Å². The quantitative estimate of drug-likeness (QED) is 0.768. The molecule has 0 bridgehead atoms. The lowest BCUT2D eigenvalue weighted by Gasteiger charge is -2.07. The highest BCUT2D eigenvalue weighted by Crippen LogP contribution is 2.26. The molecule has 0 unspecified atom stereocenters. The van der Waals surface area contributed by atoms with Crippen LogP contribution in [0.15, 0.2) is 36.7 Å². The molecule has 0 radical (unpaired) electrons. The van der Waals surface area contributed by atoms with E-state index in [4.69, 9.17) is 4.74 Å². The first-order valence-corrected chi connectivity index (χ1v) is 5.47. The SMILES string of the molecule is COc1ccc(C(=O)NCc2cc[nH]c2)cc1O.